The summed E-state index contributed by atoms with van der Waals surface area (Å²) < 4.78 is 10.4. The van der Waals surface area contributed by atoms with Crippen LogP contribution < -0.4 is 5.32 Å². The first-order valence-electron chi connectivity index (χ1n) is 6.64. The maximum atomic E-state index is 5.49. The first-order chi connectivity index (χ1) is 8.40. The monoisotopic (exact) mass is 243 g/mol. The van der Waals surface area contributed by atoms with Crippen LogP contribution in [0, 0.1) is 0 Å². The number of nitrogens with zero attached hydrogens (tertiary/aromatic N) is 2. The van der Waals surface area contributed by atoms with Crippen molar-refractivity contribution in [3.63, 3.8) is 0 Å². The lowest BCUT2D eigenvalue weighted by atomic mass is 10.1. The quantitative estimate of drug-likeness (QED) is 0.595. The molecule has 2 fully saturated rings. The Morgan fingerprint density at radius 2 is 1.82 bits per heavy atom. The van der Waals surface area contributed by atoms with Gasteiger partial charge in [-0.05, 0) is 0 Å². The number of methoxy groups -OCH3 is 1. The number of nitrogens with one attached hydrogen (secondary N) is 1. The lowest BCUT2D eigenvalue weighted by molar-refractivity contribution is 0.0340. The molecule has 0 aromatic rings. The predicted octanol–water partition coefficient (Wildman–Crippen LogP) is -0.761. The molecule has 2 heterocycles. The van der Waals surface area contributed by atoms with Gasteiger partial charge in [-0.2, -0.15) is 0 Å². The topological polar surface area (TPSA) is 37.0 Å². The van der Waals surface area contributed by atoms with Crippen molar-refractivity contribution in [3.05, 3.63) is 0 Å². The normalized spacial score (nSPS) is 23.8. The van der Waals surface area contributed by atoms with Crippen molar-refractivity contribution in [2.24, 2.45) is 0 Å². The molecule has 2 rings (SSSR count). The number of hydrogen-bond acceptors (Lipinski definition) is 5. The second-order valence-corrected chi connectivity index (χ2v) is 4.79. The summed E-state index contributed by atoms with van der Waals surface area (Å²) in [5, 5.41) is 3.34. The zero-order valence-corrected chi connectivity index (χ0v) is 10.9. The van der Waals surface area contributed by atoms with Gasteiger partial charge in [-0.15, -0.1) is 0 Å². The molecule has 17 heavy (non-hydrogen) atoms. The van der Waals surface area contributed by atoms with Crippen LogP contribution in [0.2, 0.25) is 0 Å². The van der Waals surface area contributed by atoms with Crippen molar-refractivity contribution in [2.45, 2.75) is 6.04 Å². The standard InChI is InChI=1S/C12H25N3O2/c1-16-8-9-17-7-6-14-2-4-15(5-3-14)12-10-13-11-12/h12-13H,2-11H2,1H3. The summed E-state index contributed by atoms with van der Waals surface area (Å²) in [7, 11) is 1.71. The molecule has 0 bridgehead atoms. The molecule has 5 heteroatoms. The van der Waals surface area contributed by atoms with Gasteiger partial charge in [0.15, 0.2) is 0 Å². The summed E-state index contributed by atoms with van der Waals surface area (Å²) in [4.78, 5) is 5.11. The van der Waals surface area contributed by atoms with E-state index in [0.717, 1.165) is 19.2 Å². The summed E-state index contributed by atoms with van der Waals surface area (Å²) in [5.41, 5.74) is 0. The average molecular weight is 243 g/mol. The Kier molecular flexibility index (Phi) is 5.67. The third-order valence-corrected chi connectivity index (χ3v) is 3.67. The van der Waals surface area contributed by atoms with Crippen molar-refractivity contribution in [1.82, 2.24) is 15.1 Å². The van der Waals surface area contributed by atoms with Crippen LogP contribution in [-0.2, 0) is 9.47 Å². The minimum absolute atomic E-state index is 0.697. The Morgan fingerprint density at radius 3 is 2.41 bits per heavy atom. The second-order valence-electron chi connectivity index (χ2n) is 4.79. The van der Waals surface area contributed by atoms with Crippen LogP contribution in [0.15, 0.2) is 0 Å². The van der Waals surface area contributed by atoms with Crippen LogP contribution in [0.5, 0.6) is 0 Å². The number of rotatable bonds is 7. The van der Waals surface area contributed by atoms with E-state index >= 15 is 0 Å². The van der Waals surface area contributed by atoms with Gasteiger partial charge >= 0.3 is 0 Å². The minimum Gasteiger partial charge on any atom is -0.382 e. The van der Waals surface area contributed by atoms with Gasteiger partial charge in [0, 0.05) is 59.0 Å². The molecule has 0 unspecified atom stereocenters. The molecule has 0 aromatic heterocycles. The van der Waals surface area contributed by atoms with E-state index in [1.807, 2.05) is 0 Å². The molecule has 2 saturated heterocycles. The van der Waals surface area contributed by atoms with Gasteiger partial charge < -0.3 is 14.8 Å². The van der Waals surface area contributed by atoms with Gasteiger partial charge in [0.25, 0.3) is 0 Å². The first kappa shape index (κ1) is 13.2. The Bertz CT molecular complexity index is 204. The Hall–Kier alpha value is -0.200. The maximum absolute atomic E-state index is 5.49. The zero-order valence-electron chi connectivity index (χ0n) is 10.9. The number of piperazine rings is 1. The molecule has 0 saturated carbocycles. The molecule has 0 atom stereocenters. The smallest absolute Gasteiger partial charge is 0.0700 e. The highest BCUT2D eigenvalue weighted by Crippen LogP contribution is 2.09. The molecule has 0 aromatic carbocycles. The van der Waals surface area contributed by atoms with Gasteiger partial charge in [-0.25, -0.2) is 0 Å². The van der Waals surface area contributed by atoms with Crippen LogP contribution in [0.25, 0.3) is 0 Å². The fraction of sp³-hybridized carbons (Fsp3) is 1.00. The molecule has 1 N–H and O–H groups in total. The molecule has 0 radical (unpaired) electrons. The highest BCUT2D eigenvalue weighted by molar-refractivity contribution is 4.87. The lowest BCUT2D eigenvalue weighted by Gasteiger charge is -2.43. The Balaban J connectivity index is 1.50. The van der Waals surface area contributed by atoms with Gasteiger partial charge in [-0.1, -0.05) is 0 Å². The molecule has 0 spiro atoms. The van der Waals surface area contributed by atoms with Crippen molar-refractivity contribution in [3.8, 4) is 0 Å². The van der Waals surface area contributed by atoms with E-state index < -0.39 is 0 Å². The molecule has 0 amide bonds. The molecule has 100 valence electrons. The summed E-state index contributed by atoms with van der Waals surface area (Å²) in [6, 6.07) is 0.801. The molecular formula is C12H25N3O2. The third-order valence-electron chi connectivity index (χ3n) is 3.67. The summed E-state index contributed by atoms with van der Waals surface area (Å²) in [5.74, 6) is 0. The maximum Gasteiger partial charge on any atom is 0.0700 e. The van der Waals surface area contributed by atoms with Crippen LogP contribution in [0.4, 0.5) is 0 Å². The highest BCUT2D eigenvalue weighted by Gasteiger charge is 2.27. The largest absolute Gasteiger partial charge is 0.382 e. The van der Waals surface area contributed by atoms with Crippen LogP contribution in [0.3, 0.4) is 0 Å². The molecule has 0 aliphatic carbocycles. The van der Waals surface area contributed by atoms with E-state index in [1.165, 1.54) is 39.3 Å². The fourth-order valence-electron chi connectivity index (χ4n) is 2.32. The van der Waals surface area contributed by atoms with Crippen LogP contribution in [-0.4, -0.2) is 88.6 Å². The first-order valence-corrected chi connectivity index (χ1v) is 6.64. The van der Waals surface area contributed by atoms with E-state index in [4.69, 9.17) is 9.47 Å². The lowest BCUT2D eigenvalue weighted by Crippen LogP contribution is -2.61. The summed E-state index contributed by atoms with van der Waals surface area (Å²) >= 11 is 0. The van der Waals surface area contributed by atoms with E-state index in [1.54, 1.807) is 7.11 Å². The Labute approximate surface area is 104 Å². The van der Waals surface area contributed by atoms with Crippen LogP contribution in [0.1, 0.15) is 0 Å². The second kappa shape index (κ2) is 7.28. The van der Waals surface area contributed by atoms with Crippen LogP contribution >= 0.6 is 0 Å². The Morgan fingerprint density at radius 1 is 1.06 bits per heavy atom. The summed E-state index contributed by atoms with van der Waals surface area (Å²) in [6.07, 6.45) is 0. The van der Waals surface area contributed by atoms with Gasteiger partial charge in [0.1, 0.15) is 0 Å². The van der Waals surface area contributed by atoms with E-state index in [0.29, 0.717) is 13.2 Å². The van der Waals surface area contributed by atoms with E-state index in [9.17, 15) is 0 Å². The molecule has 2 aliphatic rings. The highest BCUT2D eigenvalue weighted by atomic mass is 16.5. The third kappa shape index (κ3) is 4.19. The van der Waals surface area contributed by atoms with Crippen molar-refractivity contribution in [2.75, 3.05) is 72.7 Å². The average Bonchev–Trinajstić information content (AvgIpc) is 2.29. The molecule has 5 nitrogen and oxygen atoms in total. The van der Waals surface area contributed by atoms with Gasteiger partial charge in [-0.3, -0.25) is 9.80 Å². The minimum atomic E-state index is 0.697. The predicted molar refractivity (Wildman–Crippen MR) is 67.4 cm³/mol. The van der Waals surface area contributed by atoms with Gasteiger partial charge in [0.05, 0.1) is 19.8 Å². The SMILES string of the molecule is COCCOCCN1CCN(C2CNC2)CC1. The molecular weight excluding hydrogens is 218 g/mol. The number of hydrogen-bond donors (Lipinski definition) is 1. The van der Waals surface area contributed by atoms with E-state index in [-0.39, 0.29) is 0 Å². The molecule has 2 aliphatic heterocycles. The fourth-order valence-corrected chi connectivity index (χ4v) is 2.32. The van der Waals surface area contributed by atoms with E-state index in [2.05, 4.69) is 15.1 Å². The number of ether oxygens (including phenoxy) is 2. The van der Waals surface area contributed by atoms with Crippen molar-refractivity contribution < 1.29 is 9.47 Å². The van der Waals surface area contributed by atoms with Gasteiger partial charge in [0.2, 0.25) is 0 Å². The zero-order chi connectivity index (χ0) is 11.9. The van der Waals surface area contributed by atoms with Crippen molar-refractivity contribution >= 4 is 0 Å². The summed E-state index contributed by atoms with van der Waals surface area (Å²) in [6.45, 7) is 10.4. The van der Waals surface area contributed by atoms with Crippen molar-refractivity contribution in [1.29, 1.82) is 0 Å².